The van der Waals surface area contributed by atoms with E-state index in [9.17, 15) is 14.5 Å². The molecule has 1 aliphatic rings. The number of anilines is 1. The average Bonchev–Trinajstić information content (AvgIpc) is 3.40. The van der Waals surface area contributed by atoms with Gasteiger partial charge in [0.05, 0.1) is 19.0 Å². The van der Waals surface area contributed by atoms with Crippen LogP contribution in [0.5, 0.6) is 5.75 Å². The molecule has 1 fully saturated rings. The summed E-state index contributed by atoms with van der Waals surface area (Å²) in [6, 6.07) is 7.06. The first kappa shape index (κ1) is 26.9. The fourth-order valence-electron chi connectivity index (χ4n) is 3.63. The number of aliphatic hydroxyl groups excluding tert-OH is 1. The van der Waals surface area contributed by atoms with Gasteiger partial charge in [-0.2, -0.15) is 5.09 Å². The van der Waals surface area contributed by atoms with E-state index >= 15 is 4.39 Å². The number of nitrogens with two attached hydrogens (primary N) is 1. The molecule has 4 N–H and O–H groups in total. The largest absolute Gasteiger partial charge is 0.462 e. The number of nitrogen functional groups attached to an aromatic ring is 1. The number of hydrogen-bond acceptors (Lipinski definition) is 11. The van der Waals surface area contributed by atoms with Crippen molar-refractivity contribution in [1.82, 2.24) is 24.6 Å². The highest BCUT2D eigenvalue weighted by atomic mass is 31.2. The number of aromatic nitrogens is 4. The average molecular weight is 538 g/mol. The number of carbonyl (C=O) groups excluding carboxylic acids is 1. The van der Waals surface area contributed by atoms with Crippen molar-refractivity contribution in [2.75, 3.05) is 12.3 Å². The summed E-state index contributed by atoms with van der Waals surface area (Å²) in [5.41, 5.74) is 6.25. The van der Waals surface area contributed by atoms with Crippen LogP contribution in [0.4, 0.5) is 10.2 Å². The third kappa shape index (κ3) is 6.05. The number of para-hydroxylation sites is 1. The van der Waals surface area contributed by atoms with Crippen molar-refractivity contribution in [3.63, 3.8) is 0 Å². The molecule has 1 aromatic carbocycles. The van der Waals surface area contributed by atoms with Gasteiger partial charge < -0.3 is 24.8 Å². The second-order valence-electron chi connectivity index (χ2n) is 8.62. The fraction of sp³-hybridized carbons (Fsp3) is 0.455. The molecule has 13 nitrogen and oxygen atoms in total. The number of benzene rings is 1. The minimum Gasteiger partial charge on any atom is -0.462 e. The molecule has 1 aliphatic heterocycles. The molecule has 15 heteroatoms. The van der Waals surface area contributed by atoms with Gasteiger partial charge in [-0.15, -0.1) is 0 Å². The minimum absolute atomic E-state index is 0.104. The molecular weight excluding hydrogens is 510 g/mol. The van der Waals surface area contributed by atoms with E-state index in [4.69, 9.17) is 24.3 Å². The number of fused-ring (bicyclic) bond motifs is 1. The Kier molecular flexibility index (Phi) is 8.05. The summed E-state index contributed by atoms with van der Waals surface area (Å²) in [4.78, 5) is 24.3. The second kappa shape index (κ2) is 11.1. The number of ether oxygens (including phenoxy) is 2. The van der Waals surface area contributed by atoms with Crippen molar-refractivity contribution in [3.8, 4) is 5.75 Å². The number of aliphatic hydroxyl groups is 1. The number of alkyl halides is 1. The number of nitrogens with one attached hydrogen (secondary N) is 1. The molecule has 0 spiro atoms. The highest BCUT2D eigenvalue weighted by Crippen LogP contribution is 2.46. The van der Waals surface area contributed by atoms with E-state index in [0.717, 1.165) is 0 Å². The van der Waals surface area contributed by atoms with E-state index in [1.807, 2.05) is 0 Å². The molecule has 0 bridgehead atoms. The van der Waals surface area contributed by atoms with Gasteiger partial charge >= 0.3 is 13.7 Å². The van der Waals surface area contributed by atoms with Crippen LogP contribution in [0.15, 0.2) is 43.0 Å². The van der Waals surface area contributed by atoms with E-state index in [1.54, 1.807) is 44.2 Å². The maximum absolute atomic E-state index is 15.1. The van der Waals surface area contributed by atoms with Crippen molar-refractivity contribution >= 4 is 30.7 Å². The molecule has 3 aromatic rings. The lowest BCUT2D eigenvalue weighted by molar-refractivity contribution is -0.149. The quantitative estimate of drug-likeness (QED) is 0.254. The van der Waals surface area contributed by atoms with Crippen molar-refractivity contribution in [2.45, 2.75) is 57.5 Å². The lowest BCUT2D eigenvalue weighted by Gasteiger charge is -2.25. The van der Waals surface area contributed by atoms with Gasteiger partial charge in [-0.05, 0) is 32.9 Å². The predicted molar refractivity (Wildman–Crippen MR) is 129 cm³/mol. The van der Waals surface area contributed by atoms with Gasteiger partial charge in [0.15, 0.2) is 23.9 Å². The van der Waals surface area contributed by atoms with Crippen LogP contribution in [0, 0.1) is 0 Å². The third-order valence-corrected chi connectivity index (χ3v) is 7.03. The number of rotatable bonds is 10. The first-order valence-corrected chi connectivity index (χ1v) is 13.0. The van der Waals surface area contributed by atoms with Crippen LogP contribution in [-0.2, 0) is 23.4 Å². The predicted octanol–water partition coefficient (Wildman–Crippen LogP) is 2.14. The van der Waals surface area contributed by atoms with Gasteiger partial charge in [0.1, 0.15) is 35.8 Å². The van der Waals surface area contributed by atoms with Gasteiger partial charge in [0.25, 0.3) is 0 Å². The number of halogens is 1. The molecule has 200 valence electrons. The molecule has 0 saturated carbocycles. The monoisotopic (exact) mass is 538 g/mol. The summed E-state index contributed by atoms with van der Waals surface area (Å²) in [7, 11) is -4.24. The number of nitrogens with zero attached hydrogens (tertiary/aromatic N) is 4. The molecule has 0 aliphatic carbocycles. The van der Waals surface area contributed by atoms with Gasteiger partial charge in [0, 0.05) is 0 Å². The summed E-state index contributed by atoms with van der Waals surface area (Å²) in [5.74, 6) is -0.378. The minimum atomic E-state index is -4.24. The highest BCUT2D eigenvalue weighted by Gasteiger charge is 2.47. The van der Waals surface area contributed by atoms with Crippen LogP contribution < -0.4 is 15.3 Å². The van der Waals surface area contributed by atoms with E-state index in [2.05, 4.69) is 20.0 Å². The highest BCUT2D eigenvalue weighted by molar-refractivity contribution is 7.52. The number of esters is 1. The Labute approximate surface area is 211 Å². The SMILES string of the molecule is CC(C)OC(=O)[C@H](C)NP(=O)(OC[C@H]1O[C@@H](n2cnc3c(N)ncnc32)[C@@H](F)[C@H]1O)Oc1ccccc1. The Hall–Kier alpha value is -3.16. The molecule has 0 amide bonds. The molecule has 3 heterocycles. The molecule has 4 rings (SSSR count). The van der Waals surface area contributed by atoms with E-state index in [0.29, 0.717) is 0 Å². The molecule has 37 heavy (non-hydrogen) atoms. The Morgan fingerprint density at radius 3 is 2.70 bits per heavy atom. The normalized spacial score (nSPS) is 24.2. The van der Waals surface area contributed by atoms with Crippen LogP contribution >= 0.6 is 7.75 Å². The number of hydrogen-bond donors (Lipinski definition) is 3. The van der Waals surface area contributed by atoms with E-state index in [-0.39, 0.29) is 22.7 Å². The van der Waals surface area contributed by atoms with Crippen LogP contribution in [0.3, 0.4) is 0 Å². The maximum atomic E-state index is 15.1. The zero-order valence-electron chi connectivity index (χ0n) is 20.3. The molecule has 1 unspecified atom stereocenters. The Morgan fingerprint density at radius 2 is 2.00 bits per heavy atom. The molecule has 2 aromatic heterocycles. The topological polar surface area (TPSA) is 173 Å². The van der Waals surface area contributed by atoms with Crippen molar-refractivity contribution in [1.29, 1.82) is 0 Å². The molecular formula is C22H28FN6O7P. The number of imidazole rings is 1. The van der Waals surface area contributed by atoms with Crippen LogP contribution in [0.25, 0.3) is 11.2 Å². The summed E-state index contributed by atoms with van der Waals surface area (Å²) in [6.45, 7) is 4.24. The third-order valence-electron chi connectivity index (χ3n) is 5.39. The Morgan fingerprint density at radius 1 is 1.27 bits per heavy atom. The first-order valence-electron chi connectivity index (χ1n) is 11.5. The van der Waals surface area contributed by atoms with Gasteiger partial charge in [0.2, 0.25) is 0 Å². The van der Waals surface area contributed by atoms with Gasteiger partial charge in [-0.3, -0.25) is 13.9 Å². The van der Waals surface area contributed by atoms with Crippen molar-refractivity contribution in [2.24, 2.45) is 0 Å². The van der Waals surface area contributed by atoms with Gasteiger partial charge in [-0.1, -0.05) is 18.2 Å². The lowest BCUT2D eigenvalue weighted by Crippen LogP contribution is -2.37. The molecule has 1 saturated heterocycles. The van der Waals surface area contributed by atoms with Crippen molar-refractivity contribution in [3.05, 3.63) is 43.0 Å². The van der Waals surface area contributed by atoms with Crippen LogP contribution in [0.2, 0.25) is 0 Å². The van der Waals surface area contributed by atoms with Crippen molar-refractivity contribution < 1.29 is 37.4 Å². The van der Waals surface area contributed by atoms with E-state index < -0.39 is 57.1 Å². The summed E-state index contributed by atoms with van der Waals surface area (Å²) < 4.78 is 51.9. The molecule has 6 atom stereocenters. The summed E-state index contributed by atoms with van der Waals surface area (Å²) in [6.07, 6.45) is -4.03. The molecule has 0 radical (unpaired) electrons. The summed E-state index contributed by atoms with van der Waals surface area (Å²) in [5, 5.41) is 13.0. The Bertz CT molecular complexity index is 1280. The zero-order valence-corrected chi connectivity index (χ0v) is 21.2. The van der Waals surface area contributed by atoms with Crippen LogP contribution in [0.1, 0.15) is 27.0 Å². The zero-order chi connectivity index (χ0) is 26.7. The van der Waals surface area contributed by atoms with E-state index in [1.165, 1.54) is 24.1 Å². The first-order chi connectivity index (χ1) is 17.6. The number of carbonyl (C=O) groups is 1. The Balaban J connectivity index is 1.50. The second-order valence-corrected chi connectivity index (χ2v) is 10.3. The lowest BCUT2D eigenvalue weighted by atomic mass is 10.1. The standard InChI is InChI=1S/C22H28FN6O7P/c1-12(2)34-22(31)13(3)28-37(32,36-14-7-5-4-6-8-14)33-9-15-18(30)16(23)21(35-15)29-11-27-17-19(24)25-10-26-20(17)29/h4-8,10-13,15-16,18,21,30H,9H2,1-3H3,(H,28,32)(H2,24,25,26)/t13-,15+,16-,18-,21+,37?/m0/s1. The maximum Gasteiger partial charge on any atom is 0.459 e. The van der Waals surface area contributed by atoms with Gasteiger partial charge in [-0.25, -0.2) is 23.9 Å². The van der Waals surface area contributed by atoms with Crippen LogP contribution in [-0.4, -0.2) is 67.7 Å². The fourth-order valence-corrected chi connectivity index (χ4v) is 5.13. The summed E-state index contributed by atoms with van der Waals surface area (Å²) >= 11 is 0. The smallest absolute Gasteiger partial charge is 0.459 e.